The highest BCUT2D eigenvalue weighted by atomic mass is 35.5. The van der Waals surface area contributed by atoms with Gasteiger partial charge in [-0.25, -0.2) is 9.87 Å². The van der Waals surface area contributed by atoms with Gasteiger partial charge in [-0.1, -0.05) is 12.8 Å². The van der Waals surface area contributed by atoms with E-state index in [1.54, 1.807) is 24.6 Å². The summed E-state index contributed by atoms with van der Waals surface area (Å²) in [6.45, 7) is 4.45. The summed E-state index contributed by atoms with van der Waals surface area (Å²) < 4.78 is 29.7. The van der Waals surface area contributed by atoms with Gasteiger partial charge in [0.15, 0.2) is 6.23 Å². The monoisotopic (exact) mass is 504 g/mol. The minimum atomic E-state index is -3.43. The number of halogens is 1. The van der Waals surface area contributed by atoms with E-state index in [2.05, 4.69) is 15.3 Å². The minimum Gasteiger partial charge on any atom is -0.387 e. The Morgan fingerprint density at radius 1 is 1.30 bits per heavy atom. The number of aliphatic hydroxyl groups excluding tert-OH is 2. The zero-order chi connectivity index (χ0) is 23.8. The van der Waals surface area contributed by atoms with Crippen LogP contribution in [-0.2, 0) is 23.4 Å². The van der Waals surface area contributed by atoms with Gasteiger partial charge in [-0.15, -0.1) is 4.67 Å². The summed E-state index contributed by atoms with van der Waals surface area (Å²) in [5.74, 6) is 0.626. The van der Waals surface area contributed by atoms with E-state index in [1.165, 1.54) is 19.5 Å². The standard InChI is InChI=1S/C20H30ClN4O7P/c1-11(2)31-33(3,28)32-29-10-14-15(26)16(27)19(30-14)25-9-8-13-17(22-12-6-4-5-7-12)23-20(21)24-18(13)25/h8-9,11-12,14-16,19,26-27H,4-7,10H2,1-3H3,(H,22,23,24)/t14-,15-,16-,19-,33?/m1/s1. The molecule has 2 aromatic rings. The van der Waals surface area contributed by atoms with Crippen molar-refractivity contribution < 1.29 is 33.6 Å². The first-order chi connectivity index (χ1) is 15.6. The molecule has 1 unspecified atom stereocenters. The van der Waals surface area contributed by atoms with E-state index in [0.29, 0.717) is 17.5 Å². The molecule has 0 radical (unpaired) electrons. The molecule has 0 bridgehead atoms. The predicted octanol–water partition coefficient (Wildman–Crippen LogP) is 3.25. The number of aliphatic hydroxyl groups is 2. The second-order valence-electron chi connectivity index (χ2n) is 8.76. The van der Waals surface area contributed by atoms with Crippen LogP contribution < -0.4 is 5.32 Å². The van der Waals surface area contributed by atoms with Gasteiger partial charge in [0.1, 0.15) is 36.4 Å². The smallest absolute Gasteiger partial charge is 0.355 e. The lowest BCUT2D eigenvalue weighted by atomic mass is 10.1. The third-order valence-corrected chi connectivity index (χ3v) is 7.02. The molecule has 13 heteroatoms. The first-order valence-corrected chi connectivity index (χ1v) is 13.4. The number of ether oxygens (including phenoxy) is 1. The van der Waals surface area contributed by atoms with Gasteiger partial charge in [-0.3, -0.25) is 4.57 Å². The van der Waals surface area contributed by atoms with Crippen molar-refractivity contribution in [3.05, 3.63) is 17.5 Å². The number of aromatic nitrogens is 3. The number of hydrogen-bond donors (Lipinski definition) is 3. The highest BCUT2D eigenvalue weighted by molar-refractivity contribution is 7.52. The predicted molar refractivity (Wildman–Crippen MR) is 121 cm³/mol. The fourth-order valence-corrected chi connectivity index (χ4v) is 5.49. The maximum Gasteiger partial charge on any atom is 0.355 e. The van der Waals surface area contributed by atoms with Crippen LogP contribution >= 0.6 is 19.2 Å². The summed E-state index contributed by atoms with van der Waals surface area (Å²) in [7, 11) is -3.43. The van der Waals surface area contributed by atoms with E-state index in [1.807, 2.05) is 6.07 Å². The molecule has 33 heavy (non-hydrogen) atoms. The number of fused-ring (bicyclic) bond motifs is 1. The van der Waals surface area contributed by atoms with Crippen molar-refractivity contribution in [1.29, 1.82) is 0 Å². The average Bonchev–Trinajstić information content (AvgIpc) is 3.43. The zero-order valence-electron chi connectivity index (χ0n) is 18.8. The average molecular weight is 505 g/mol. The van der Waals surface area contributed by atoms with Crippen molar-refractivity contribution >= 4 is 36.0 Å². The highest BCUT2D eigenvalue weighted by Crippen LogP contribution is 2.45. The van der Waals surface area contributed by atoms with E-state index in [-0.39, 0.29) is 18.0 Å². The molecule has 11 nitrogen and oxygen atoms in total. The second kappa shape index (κ2) is 10.1. The van der Waals surface area contributed by atoms with Gasteiger partial charge in [0, 0.05) is 18.9 Å². The molecule has 0 aromatic carbocycles. The molecule has 1 aliphatic heterocycles. The maximum atomic E-state index is 12.2. The molecular formula is C20H30ClN4O7P. The maximum absolute atomic E-state index is 12.2. The third-order valence-electron chi connectivity index (χ3n) is 5.67. The fraction of sp³-hybridized carbons (Fsp3) is 0.700. The van der Waals surface area contributed by atoms with Crippen molar-refractivity contribution in [2.24, 2.45) is 0 Å². The summed E-state index contributed by atoms with van der Waals surface area (Å²) in [5.41, 5.74) is 0.466. The van der Waals surface area contributed by atoms with Crippen LogP contribution in [0.4, 0.5) is 5.82 Å². The molecule has 2 aromatic heterocycles. The van der Waals surface area contributed by atoms with Crippen LogP contribution in [0.1, 0.15) is 45.8 Å². The summed E-state index contributed by atoms with van der Waals surface area (Å²) >= 11 is 6.18. The summed E-state index contributed by atoms with van der Waals surface area (Å²) in [5, 5.41) is 25.4. The molecule has 3 heterocycles. The lowest BCUT2D eigenvalue weighted by molar-refractivity contribution is -0.240. The lowest BCUT2D eigenvalue weighted by Gasteiger charge is -2.18. The molecule has 0 spiro atoms. The quantitative estimate of drug-likeness (QED) is 0.202. The number of rotatable bonds is 9. The molecule has 1 saturated carbocycles. The summed E-state index contributed by atoms with van der Waals surface area (Å²) in [4.78, 5) is 13.7. The van der Waals surface area contributed by atoms with E-state index in [9.17, 15) is 14.8 Å². The molecule has 2 aliphatic rings. The van der Waals surface area contributed by atoms with Crippen LogP contribution in [0.2, 0.25) is 5.28 Å². The Hall–Kier alpha value is -1.30. The van der Waals surface area contributed by atoms with Crippen LogP contribution in [0, 0.1) is 0 Å². The second-order valence-corrected chi connectivity index (χ2v) is 11.0. The number of nitrogens with zero attached hydrogens (tertiary/aromatic N) is 3. The van der Waals surface area contributed by atoms with E-state index >= 15 is 0 Å². The Morgan fingerprint density at radius 2 is 2.03 bits per heavy atom. The van der Waals surface area contributed by atoms with Crippen molar-refractivity contribution in [1.82, 2.24) is 14.5 Å². The van der Waals surface area contributed by atoms with Gasteiger partial charge in [0.05, 0.1) is 11.5 Å². The third kappa shape index (κ3) is 5.68. The summed E-state index contributed by atoms with van der Waals surface area (Å²) in [6, 6.07) is 2.14. The van der Waals surface area contributed by atoms with Crippen molar-refractivity contribution in [3.8, 4) is 0 Å². The largest absolute Gasteiger partial charge is 0.387 e. The molecule has 184 valence electrons. The molecule has 4 rings (SSSR count). The Labute approximate surface area is 196 Å². The first-order valence-electron chi connectivity index (χ1n) is 11.0. The minimum absolute atomic E-state index is 0.0631. The van der Waals surface area contributed by atoms with E-state index in [4.69, 9.17) is 30.4 Å². The Morgan fingerprint density at radius 3 is 2.73 bits per heavy atom. The van der Waals surface area contributed by atoms with Gasteiger partial charge in [0.25, 0.3) is 0 Å². The molecule has 2 fully saturated rings. The van der Waals surface area contributed by atoms with Crippen molar-refractivity contribution in [2.75, 3.05) is 18.6 Å². The SMILES string of the molecule is CC(C)OP(C)(=O)OOC[C@H]1O[C@@H](n2ccc3c(NC4CCCC4)nc(Cl)nc32)[C@H](O)[C@@H]1O. The topological polar surface area (TPSA) is 137 Å². The van der Waals surface area contributed by atoms with E-state index < -0.39 is 32.1 Å². The Bertz CT molecular complexity index is 1020. The zero-order valence-corrected chi connectivity index (χ0v) is 20.4. The van der Waals surface area contributed by atoms with Crippen LogP contribution in [0.25, 0.3) is 11.0 Å². The molecule has 1 aliphatic carbocycles. The van der Waals surface area contributed by atoms with Gasteiger partial charge >= 0.3 is 7.60 Å². The van der Waals surface area contributed by atoms with Crippen molar-refractivity contribution in [2.45, 2.75) is 76.2 Å². The fourth-order valence-electron chi connectivity index (χ4n) is 4.28. The lowest BCUT2D eigenvalue weighted by Crippen LogP contribution is -2.33. The van der Waals surface area contributed by atoms with Crippen LogP contribution in [-0.4, -0.2) is 68.5 Å². The summed E-state index contributed by atoms with van der Waals surface area (Å²) in [6.07, 6.45) is 1.44. The highest BCUT2D eigenvalue weighted by Gasteiger charge is 2.44. The van der Waals surface area contributed by atoms with Crippen LogP contribution in [0.3, 0.4) is 0 Å². The molecule has 0 amide bonds. The van der Waals surface area contributed by atoms with Gasteiger partial charge in [-0.2, -0.15) is 4.98 Å². The number of hydrogen-bond acceptors (Lipinski definition) is 10. The number of nitrogens with one attached hydrogen (secondary N) is 1. The van der Waals surface area contributed by atoms with Crippen molar-refractivity contribution in [3.63, 3.8) is 0 Å². The Balaban J connectivity index is 1.48. The first kappa shape index (κ1) is 24.8. The molecule has 3 N–H and O–H groups in total. The van der Waals surface area contributed by atoms with E-state index in [0.717, 1.165) is 18.2 Å². The number of anilines is 1. The molecule has 5 atom stereocenters. The van der Waals surface area contributed by atoms with Gasteiger partial charge in [-0.05, 0) is 44.4 Å². The molecule has 1 saturated heterocycles. The van der Waals surface area contributed by atoms with Crippen LogP contribution in [0.15, 0.2) is 12.3 Å². The Kier molecular flexibility index (Phi) is 7.62. The molecular weight excluding hydrogens is 475 g/mol. The normalized spacial score (nSPS) is 28.1. The van der Waals surface area contributed by atoms with Gasteiger partial charge in [0.2, 0.25) is 5.28 Å². The van der Waals surface area contributed by atoms with Gasteiger partial charge < -0.3 is 29.4 Å². The van der Waals surface area contributed by atoms with Crippen LogP contribution in [0.5, 0.6) is 0 Å².